The van der Waals surface area contributed by atoms with Crippen molar-refractivity contribution in [1.82, 2.24) is 10.6 Å². The fraction of sp³-hybridized carbons (Fsp3) is 1.00. The summed E-state index contributed by atoms with van der Waals surface area (Å²) >= 11 is 0. The fourth-order valence-electron chi connectivity index (χ4n) is 7.62. The second-order valence-corrected chi connectivity index (χ2v) is 15.3. The Kier molecular flexibility index (Phi) is 28.6. The van der Waals surface area contributed by atoms with Crippen molar-refractivity contribution in [3.63, 3.8) is 0 Å². The molecule has 0 amide bonds. The van der Waals surface area contributed by atoms with E-state index in [4.69, 9.17) is 4.74 Å². The molecule has 2 rings (SSSR count). The van der Waals surface area contributed by atoms with Crippen LogP contribution >= 0.6 is 0 Å². The van der Waals surface area contributed by atoms with Gasteiger partial charge in [-0.15, -0.1) is 0 Å². The molecule has 266 valence electrons. The lowest BCUT2D eigenvalue weighted by Gasteiger charge is -2.38. The molecule has 0 bridgehead atoms. The first-order valence-electron chi connectivity index (χ1n) is 19.1. The van der Waals surface area contributed by atoms with Crippen molar-refractivity contribution in [2.24, 2.45) is 0 Å². The number of rotatable bonds is 29. The minimum absolute atomic E-state index is 0. The van der Waals surface area contributed by atoms with Crippen LogP contribution in [0.2, 0.25) is 0 Å². The Hall–Kier alpha value is 0.380. The molecule has 2 fully saturated rings. The summed E-state index contributed by atoms with van der Waals surface area (Å²) < 4.78 is 8.48. The minimum atomic E-state index is 0. The van der Waals surface area contributed by atoms with E-state index in [1.165, 1.54) is 192 Å². The fourth-order valence-corrected chi connectivity index (χ4v) is 7.62. The van der Waals surface area contributed by atoms with E-state index >= 15 is 0 Å². The van der Waals surface area contributed by atoms with Gasteiger partial charge >= 0.3 is 0 Å². The minimum Gasteiger partial charge on any atom is -1.00 e. The molecule has 0 spiro atoms. The van der Waals surface area contributed by atoms with Crippen molar-refractivity contribution in [1.29, 1.82) is 0 Å². The Bertz CT molecular complexity index is 614. The quantitative estimate of drug-likeness (QED) is 0.0950. The molecule has 5 nitrogen and oxygen atoms in total. The highest BCUT2D eigenvalue weighted by Crippen LogP contribution is 2.17. The zero-order chi connectivity index (χ0) is 30.2. The van der Waals surface area contributed by atoms with Crippen LogP contribution in [0.25, 0.3) is 0 Å². The topological polar surface area (TPSA) is 33.3 Å². The second-order valence-electron chi connectivity index (χ2n) is 15.3. The van der Waals surface area contributed by atoms with E-state index in [2.05, 4.69) is 38.7 Å². The summed E-state index contributed by atoms with van der Waals surface area (Å²) in [6.07, 6.45) is 30.8. The standard InChI is InChI=1S/C37H78N4O.2ClH/c1-5-6-7-8-9-10-11-12-13-14-15-16-17-18-19-20-32-42-33-24-31-41(4,35-37-26-22-28-39-37)30-23-29-40(2,3)34-36-25-21-27-38-36;;/h36-39H,5-35H2,1-4H3;2*1H/q+2;;/p-2. The van der Waals surface area contributed by atoms with Crippen molar-refractivity contribution < 1.29 is 38.5 Å². The average Bonchev–Trinajstić information content (AvgIpc) is 3.66. The van der Waals surface area contributed by atoms with E-state index in [1.54, 1.807) is 0 Å². The number of ether oxygens (including phenoxy) is 1. The molecule has 2 saturated heterocycles. The zero-order valence-corrected chi connectivity index (χ0v) is 31.6. The number of halogens is 2. The van der Waals surface area contributed by atoms with Crippen LogP contribution in [0.4, 0.5) is 0 Å². The first kappa shape index (κ1) is 44.4. The predicted octanol–water partition coefficient (Wildman–Crippen LogP) is 2.08. The third-order valence-electron chi connectivity index (χ3n) is 10.3. The van der Waals surface area contributed by atoms with Crippen LogP contribution in [0.3, 0.4) is 0 Å². The predicted molar refractivity (Wildman–Crippen MR) is 184 cm³/mol. The molecule has 2 heterocycles. The van der Waals surface area contributed by atoms with Crippen LogP contribution < -0.4 is 35.4 Å². The van der Waals surface area contributed by atoms with E-state index in [-0.39, 0.29) is 24.8 Å². The maximum absolute atomic E-state index is 6.12. The van der Waals surface area contributed by atoms with Gasteiger partial charge in [0, 0.05) is 19.4 Å². The number of likely N-dealkylation sites (N-methyl/N-ethyl adjacent to an activating group) is 2. The van der Waals surface area contributed by atoms with Gasteiger partial charge < -0.3 is 49.2 Å². The van der Waals surface area contributed by atoms with Gasteiger partial charge in [-0.3, -0.25) is 0 Å². The largest absolute Gasteiger partial charge is 1.00 e. The van der Waals surface area contributed by atoms with Crippen LogP contribution in [0.5, 0.6) is 0 Å². The summed E-state index contributed by atoms with van der Waals surface area (Å²) in [6.45, 7) is 13.1. The maximum atomic E-state index is 6.12. The molecule has 2 N–H and O–H groups in total. The first-order chi connectivity index (χ1) is 20.4. The van der Waals surface area contributed by atoms with E-state index in [0.717, 1.165) is 23.7 Å². The summed E-state index contributed by atoms with van der Waals surface area (Å²) in [5.41, 5.74) is 0. The van der Waals surface area contributed by atoms with Crippen LogP contribution in [0.1, 0.15) is 148 Å². The summed E-state index contributed by atoms with van der Waals surface area (Å²) in [7, 11) is 7.40. The molecule has 7 heteroatoms. The van der Waals surface area contributed by atoms with Gasteiger partial charge in [0.05, 0.1) is 72.6 Å². The average molecular weight is 666 g/mol. The number of nitrogens with zero attached hydrogens (tertiary/aromatic N) is 2. The molecule has 3 unspecified atom stereocenters. The lowest BCUT2D eigenvalue weighted by molar-refractivity contribution is -0.922. The maximum Gasteiger partial charge on any atom is 0.0940 e. The van der Waals surface area contributed by atoms with Crippen molar-refractivity contribution in [2.75, 3.05) is 80.2 Å². The Morgan fingerprint density at radius 2 is 0.955 bits per heavy atom. The van der Waals surface area contributed by atoms with Crippen LogP contribution in [-0.4, -0.2) is 101 Å². The molecule has 2 aliphatic rings. The number of unbranched alkanes of at least 4 members (excludes halogenated alkanes) is 15. The van der Waals surface area contributed by atoms with Gasteiger partial charge in [-0.2, -0.15) is 0 Å². The first-order valence-corrected chi connectivity index (χ1v) is 19.1. The number of nitrogens with one attached hydrogen (secondary N) is 2. The SMILES string of the molecule is CCCCCCCCCCCCCCCCCCOCCC[N+](C)(CCC[N+](C)(C)CC1CCCN1)CC1CCCN1.[Cl-].[Cl-]. The Morgan fingerprint density at radius 1 is 0.523 bits per heavy atom. The van der Waals surface area contributed by atoms with Crippen molar-refractivity contribution >= 4 is 0 Å². The lowest BCUT2D eigenvalue weighted by Crippen LogP contribution is -3.00. The zero-order valence-electron chi connectivity index (χ0n) is 30.1. The van der Waals surface area contributed by atoms with E-state index in [0.29, 0.717) is 6.04 Å². The molecule has 0 saturated carbocycles. The van der Waals surface area contributed by atoms with Gasteiger partial charge in [0.15, 0.2) is 0 Å². The van der Waals surface area contributed by atoms with Gasteiger partial charge in [-0.1, -0.05) is 103 Å². The van der Waals surface area contributed by atoms with Crippen LogP contribution in [0.15, 0.2) is 0 Å². The van der Waals surface area contributed by atoms with E-state index in [9.17, 15) is 0 Å². The van der Waals surface area contributed by atoms with Gasteiger partial charge in [0.25, 0.3) is 0 Å². The van der Waals surface area contributed by atoms with Gasteiger partial charge in [0.1, 0.15) is 0 Å². The number of hydrogen-bond acceptors (Lipinski definition) is 3. The summed E-state index contributed by atoms with van der Waals surface area (Å²) in [4.78, 5) is 0. The number of quaternary nitrogens is 2. The normalized spacial score (nSPS) is 19.9. The molecule has 0 radical (unpaired) electrons. The molecule has 2 aliphatic heterocycles. The molecular weight excluding hydrogens is 587 g/mol. The van der Waals surface area contributed by atoms with Gasteiger partial charge in [-0.25, -0.2) is 0 Å². The van der Waals surface area contributed by atoms with Crippen molar-refractivity contribution in [2.45, 2.75) is 160 Å². The Morgan fingerprint density at radius 3 is 1.43 bits per heavy atom. The third-order valence-corrected chi connectivity index (χ3v) is 10.3. The smallest absolute Gasteiger partial charge is 0.0940 e. The molecule has 0 aromatic carbocycles. The van der Waals surface area contributed by atoms with Gasteiger partial charge in [-0.05, 0) is 45.2 Å². The summed E-state index contributed by atoms with van der Waals surface area (Å²) in [5, 5.41) is 7.48. The summed E-state index contributed by atoms with van der Waals surface area (Å²) in [6, 6.07) is 1.45. The summed E-state index contributed by atoms with van der Waals surface area (Å²) in [5.74, 6) is 0. The second kappa shape index (κ2) is 28.4. The molecule has 0 aromatic rings. The van der Waals surface area contributed by atoms with Crippen molar-refractivity contribution in [3.8, 4) is 0 Å². The molecule has 0 aromatic heterocycles. The lowest BCUT2D eigenvalue weighted by atomic mass is 10.0. The Labute approximate surface area is 288 Å². The van der Waals surface area contributed by atoms with Crippen LogP contribution in [-0.2, 0) is 4.74 Å². The van der Waals surface area contributed by atoms with Crippen LogP contribution in [0, 0.1) is 0 Å². The third kappa shape index (κ3) is 23.7. The molecule has 44 heavy (non-hydrogen) atoms. The van der Waals surface area contributed by atoms with Crippen molar-refractivity contribution in [3.05, 3.63) is 0 Å². The highest BCUT2D eigenvalue weighted by atomic mass is 35.5. The molecule has 0 aliphatic carbocycles. The monoisotopic (exact) mass is 665 g/mol. The van der Waals surface area contributed by atoms with Gasteiger partial charge in [0.2, 0.25) is 0 Å². The highest BCUT2D eigenvalue weighted by Gasteiger charge is 2.30. The Balaban J connectivity index is 0.00000924. The molecule has 3 atom stereocenters. The molecular formula is C37H78Cl2N4O. The number of hydrogen-bond donors (Lipinski definition) is 2. The van der Waals surface area contributed by atoms with E-state index < -0.39 is 0 Å². The highest BCUT2D eigenvalue weighted by molar-refractivity contribution is 4.75. The van der Waals surface area contributed by atoms with E-state index in [1.807, 2.05) is 0 Å².